The number of rotatable bonds is 12. The predicted octanol–water partition coefficient (Wildman–Crippen LogP) is 5.22. The van der Waals surface area contributed by atoms with Gasteiger partial charge in [-0.05, 0) is 48.4 Å². The summed E-state index contributed by atoms with van der Waals surface area (Å²) in [4.78, 5) is 31.4. The Bertz CT molecular complexity index is 1200. The van der Waals surface area contributed by atoms with Crippen LogP contribution in [0.1, 0.15) is 54.6 Å². The van der Waals surface area contributed by atoms with Crippen LogP contribution in [0.4, 0.5) is 5.69 Å². The van der Waals surface area contributed by atoms with Crippen molar-refractivity contribution in [3.8, 4) is 11.1 Å². The molecule has 1 amide bonds. The van der Waals surface area contributed by atoms with Gasteiger partial charge in [-0.25, -0.2) is 4.99 Å². The number of carbonyl (C=O) groups is 2. The highest BCUT2D eigenvalue weighted by Crippen LogP contribution is 2.32. The average Bonchev–Trinajstić information content (AvgIpc) is 3.07. The molecule has 2 aromatic carbocycles. The smallest absolute Gasteiger partial charge is 0.250 e. The third kappa shape index (κ3) is 7.55. The molecule has 0 bridgehead atoms. The Hall–Kier alpha value is -3.39. The maximum atomic E-state index is 13.2. The molecule has 1 aliphatic heterocycles. The molecule has 3 rings (SSSR count). The van der Waals surface area contributed by atoms with Gasteiger partial charge in [0.2, 0.25) is 5.91 Å². The molecule has 8 heteroatoms. The Labute approximate surface area is 224 Å². The van der Waals surface area contributed by atoms with Gasteiger partial charge in [-0.3, -0.25) is 14.6 Å². The van der Waals surface area contributed by atoms with Crippen LogP contribution >= 0.6 is 11.8 Å². The number of aldehydes is 1. The van der Waals surface area contributed by atoms with Crippen molar-refractivity contribution in [3.63, 3.8) is 0 Å². The fourth-order valence-electron chi connectivity index (χ4n) is 4.18. The zero-order chi connectivity index (χ0) is 26.8. The molecule has 0 fully saturated rings. The van der Waals surface area contributed by atoms with Crippen molar-refractivity contribution in [2.75, 3.05) is 38.7 Å². The van der Waals surface area contributed by atoms with Crippen molar-refractivity contribution < 1.29 is 9.59 Å². The number of thioether (sulfide) groups is 1. The summed E-state index contributed by atoms with van der Waals surface area (Å²) in [7, 11) is 1.92. The lowest BCUT2D eigenvalue weighted by Crippen LogP contribution is -2.34. The number of amides is 1. The molecule has 0 aromatic heterocycles. The van der Waals surface area contributed by atoms with Crippen molar-refractivity contribution in [2.45, 2.75) is 33.1 Å². The molecule has 1 heterocycles. The number of benzene rings is 2. The molecule has 37 heavy (non-hydrogen) atoms. The van der Waals surface area contributed by atoms with E-state index in [1.807, 2.05) is 59.4 Å². The van der Waals surface area contributed by atoms with E-state index in [1.165, 1.54) is 0 Å². The summed E-state index contributed by atoms with van der Waals surface area (Å²) in [6, 6.07) is 11.6. The van der Waals surface area contributed by atoms with Crippen molar-refractivity contribution in [1.29, 1.82) is 0 Å². The van der Waals surface area contributed by atoms with Crippen LogP contribution in [-0.2, 0) is 4.79 Å². The predicted molar refractivity (Wildman–Crippen MR) is 157 cm³/mol. The van der Waals surface area contributed by atoms with Crippen molar-refractivity contribution in [2.24, 2.45) is 15.8 Å². The molecule has 0 radical (unpaired) electrons. The second-order valence-electron chi connectivity index (χ2n) is 9.10. The molecular weight excluding hydrogens is 482 g/mol. The molecule has 0 unspecified atom stereocenters. The molecule has 0 spiro atoms. The summed E-state index contributed by atoms with van der Waals surface area (Å²) in [5.74, 6) is 1.42. The zero-order valence-corrected chi connectivity index (χ0v) is 23.1. The van der Waals surface area contributed by atoms with Gasteiger partial charge in [0, 0.05) is 61.1 Å². The van der Waals surface area contributed by atoms with Gasteiger partial charge >= 0.3 is 0 Å². The van der Waals surface area contributed by atoms with Crippen LogP contribution in [0.3, 0.4) is 0 Å². The first kappa shape index (κ1) is 28.2. The third-order valence-corrected chi connectivity index (χ3v) is 6.70. The van der Waals surface area contributed by atoms with Crippen LogP contribution in [-0.4, -0.2) is 72.8 Å². The van der Waals surface area contributed by atoms with Gasteiger partial charge < -0.3 is 10.6 Å². The number of nitrogens with zero attached hydrogens (tertiary/aromatic N) is 4. The first-order valence-electron chi connectivity index (χ1n) is 12.7. The van der Waals surface area contributed by atoms with E-state index < -0.39 is 0 Å². The first-order chi connectivity index (χ1) is 17.9. The van der Waals surface area contributed by atoms with E-state index in [-0.39, 0.29) is 5.91 Å². The molecule has 1 aliphatic rings. The van der Waals surface area contributed by atoms with Gasteiger partial charge in [-0.15, -0.1) is 0 Å². The Kier molecular flexibility index (Phi) is 10.5. The third-order valence-electron chi connectivity index (χ3n) is 6.10. The minimum absolute atomic E-state index is 0.0228. The second kappa shape index (κ2) is 13.8. The molecule has 2 aromatic rings. The summed E-state index contributed by atoms with van der Waals surface area (Å²) >= 11 is 1.76. The Morgan fingerprint density at radius 3 is 2.46 bits per heavy atom. The van der Waals surface area contributed by atoms with Gasteiger partial charge in [0.15, 0.2) is 6.29 Å². The van der Waals surface area contributed by atoms with Crippen LogP contribution in [0.25, 0.3) is 17.2 Å². The number of nitrogens with two attached hydrogens (primary N) is 1. The number of fused-ring (bicyclic) bond motifs is 1. The zero-order valence-electron chi connectivity index (χ0n) is 22.2. The number of hydrogen-bond donors (Lipinski definition) is 1. The van der Waals surface area contributed by atoms with Crippen molar-refractivity contribution in [3.05, 3.63) is 58.7 Å². The lowest BCUT2D eigenvalue weighted by Gasteiger charge is -2.22. The summed E-state index contributed by atoms with van der Waals surface area (Å²) in [6.45, 7) is 6.43. The minimum Gasteiger partial charge on any atom is -0.387 e. The first-order valence-corrected chi connectivity index (χ1v) is 14.1. The van der Waals surface area contributed by atoms with Crippen LogP contribution in [0.2, 0.25) is 0 Å². The molecule has 2 N–H and O–H groups in total. The highest BCUT2D eigenvalue weighted by molar-refractivity contribution is 7.98. The lowest BCUT2D eigenvalue weighted by molar-refractivity contribution is -0.127. The van der Waals surface area contributed by atoms with E-state index in [4.69, 9.17) is 5.73 Å². The van der Waals surface area contributed by atoms with E-state index in [1.54, 1.807) is 18.0 Å². The van der Waals surface area contributed by atoms with Gasteiger partial charge in [0.25, 0.3) is 0 Å². The standard InChI is InChI=1S/C29H37N5O2S/c1-5-11-34(12-6-2)29(36)25-16-23-9-7-22(17-27(23)32-28(30)18-25)21-8-10-24(20-35)26(15-21)19-31-33(3)13-14-37-4/h7-10,15-17,19-20H,5-6,11-14,18H2,1-4H3,(H2,30,32)/b31-19-. The van der Waals surface area contributed by atoms with Crippen LogP contribution in [0, 0.1) is 0 Å². The van der Waals surface area contributed by atoms with Gasteiger partial charge in [0.1, 0.15) is 5.84 Å². The highest BCUT2D eigenvalue weighted by atomic mass is 32.2. The van der Waals surface area contributed by atoms with Gasteiger partial charge in [0.05, 0.1) is 11.9 Å². The molecule has 0 saturated heterocycles. The monoisotopic (exact) mass is 519 g/mol. The summed E-state index contributed by atoms with van der Waals surface area (Å²) in [5, 5.41) is 6.35. The fraction of sp³-hybridized carbons (Fsp3) is 0.379. The Morgan fingerprint density at radius 2 is 1.78 bits per heavy atom. The van der Waals surface area contributed by atoms with Crippen molar-refractivity contribution >= 4 is 47.8 Å². The number of hydrazone groups is 1. The normalized spacial score (nSPS) is 13.0. The van der Waals surface area contributed by atoms with E-state index in [2.05, 4.69) is 30.2 Å². The molecule has 196 valence electrons. The number of carbonyl (C=O) groups excluding carboxylic acids is 2. The van der Waals surface area contributed by atoms with E-state index in [9.17, 15) is 9.59 Å². The maximum absolute atomic E-state index is 13.2. The largest absolute Gasteiger partial charge is 0.387 e. The molecule has 0 aliphatic carbocycles. The average molecular weight is 520 g/mol. The van der Waals surface area contributed by atoms with E-state index in [0.717, 1.165) is 72.5 Å². The van der Waals surface area contributed by atoms with Gasteiger partial charge in [-0.1, -0.05) is 38.1 Å². The second-order valence-corrected chi connectivity index (χ2v) is 10.1. The van der Waals surface area contributed by atoms with E-state index in [0.29, 0.717) is 23.4 Å². The highest BCUT2D eigenvalue weighted by Gasteiger charge is 2.21. The summed E-state index contributed by atoms with van der Waals surface area (Å²) < 4.78 is 0. The van der Waals surface area contributed by atoms with Crippen LogP contribution in [0.5, 0.6) is 0 Å². The number of amidine groups is 1. The number of hydrogen-bond acceptors (Lipinski definition) is 7. The molecular formula is C29H37N5O2S. The van der Waals surface area contributed by atoms with Crippen LogP contribution < -0.4 is 5.73 Å². The molecule has 0 saturated carbocycles. The summed E-state index contributed by atoms with van der Waals surface area (Å²) in [6.07, 6.45) is 8.70. The van der Waals surface area contributed by atoms with Crippen LogP contribution in [0.15, 0.2) is 52.1 Å². The topological polar surface area (TPSA) is 91.4 Å². The Balaban J connectivity index is 1.94. The lowest BCUT2D eigenvalue weighted by atomic mass is 9.97. The van der Waals surface area contributed by atoms with Crippen molar-refractivity contribution in [1.82, 2.24) is 9.91 Å². The maximum Gasteiger partial charge on any atom is 0.250 e. The van der Waals surface area contributed by atoms with E-state index >= 15 is 0 Å². The molecule has 7 nitrogen and oxygen atoms in total. The summed E-state index contributed by atoms with van der Waals surface area (Å²) in [5.41, 5.74) is 11.7. The Morgan fingerprint density at radius 1 is 1.08 bits per heavy atom. The number of aliphatic imine (C=N–C) groups is 1. The van der Waals surface area contributed by atoms with Gasteiger partial charge in [-0.2, -0.15) is 16.9 Å². The minimum atomic E-state index is 0.0228. The molecule has 0 atom stereocenters. The SMILES string of the molecule is CCCN(CCC)C(=O)C1=Cc2ccc(-c3ccc(C=O)c(/C=N\N(C)CCSC)c3)cc2N=C(N)C1. The fourth-order valence-corrected chi connectivity index (χ4v) is 4.63. The quantitative estimate of drug-likeness (QED) is 0.236.